The van der Waals surface area contributed by atoms with Crippen molar-refractivity contribution >= 4 is 38.5 Å². The fourth-order valence-corrected chi connectivity index (χ4v) is 3.42. The number of fused-ring (bicyclic) bond motifs is 1. The summed E-state index contributed by atoms with van der Waals surface area (Å²) < 4.78 is 12.1. The molecule has 0 aromatic heterocycles. The Balaban J connectivity index is 1.50. The summed E-state index contributed by atoms with van der Waals surface area (Å²) in [7, 11) is 0. The van der Waals surface area contributed by atoms with E-state index in [1.807, 2.05) is 62.4 Å². The van der Waals surface area contributed by atoms with E-state index >= 15 is 0 Å². The average Bonchev–Trinajstić information content (AvgIpc) is 2.74. The van der Waals surface area contributed by atoms with Crippen molar-refractivity contribution in [1.29, 1.82) is 0 Å². The first kappa shape index (κ1) is 21.6. The number of hydrogen-bond donors (Lipinski definition) is 2. The zero-order valence-electron chi connectivity index (χ0n) is 17.0. The molecule has 0 aliphatic carbocycles. The van der Waals surface area contributed by atoms with E-state index < -0.39 is 17.9 Å². The third kappa shape index (κ3) is 5.30. The highest BCUT2D eigenvalue weighted by molar-refractivity contribution is 9.10. The Morgan fingerprint density at radius 3 is 2.57 bits per heavy atom. The number of nitrogens with one attached hydrogen (secondary N) is 2. The molecule has 2 N–H and O–H groups in total. The van der Waals surface area contributed by atoms with E-state index in [0.29, 0.717) is 11.5 Å². The molecule has 1 unspecified atom stereocenters. The summed E-state index contributed by atoms with van der Waals surface area (Å²) in [6, 6.07) is 17.3. The summed E-state index contributed by atoms with van der Waals surface area (Å²) in [5.74, 6) is 0.230. The molecule has 0 heterocycles. The van der Waals surface area contributed by atoms with Crippen LogP contribution in [0.3, 0.4) is 0 Å². The van der Waals surface area contributed by atoms with Crippen LogP contribution < -0.4 is 20.3 Å². The smallest absolute Gasteiger partial charge is 0.279 e. The summed E-state index contributed by atoms with van der Waals surface area (Å²) >= 11 is 3.51. The van der Waals surface area contributed by atoms with E-state index in [1.54, 1.807) is 13.0 Å². The second kappa shape index (κ2) is 9.63. The molecule has 6 nitrogen and oxygen atoms in total. The van der Waals surface area contributed by atoms with Gasteiger partial charge in [0.15, 0.2) is 12.7 Å². The molecular weight excluding hydrogens is 448 g/mol. The van der Waals surface area contributed by atoms with Crippen molar-refractivity contribution in [3.63, 3.8) is 0 Å². The van der Waals surface area contributed by atoms with Gasteiger partial charge in [-0.3, -0.25) is 20.4 Å². The molecule has 30 heavy (non-hydrogen) atoms. The highest BCUT2D eigenvalue weighted by atomic mass is 79.9. The van der Waals surface area contributed by atoms with E-state index in [4.69, 9.17) is 9.47 Å². The van der Waals surface area contributed by atoms with Gasteiger partial charge in [0, 0.05) is 0 Å². The van der Waals surface area contributed by atoms with E-state index in [0.717, 1.165) is 26.4 Å². The number of ether oxygens (including phenoxy) is 2. The Morgan fingerprint density at radius 2 is 1.77 bits per heavy atom. The van der Waals surface area contributed by atoms with Crippen molar-refractivity contribution in [3.05, 3.63) is 70.2 Å². The maximum absolute atomic E-state index is 12.2. The van der Waals surface area contributed by atoms with Gasteiger partial charge in [-0.05, 0) is 70.7 Å². The average molecular weight is 471 g/mol. The molecule has 2 amide bonds. The fourth-order valence-electron chi connectivity index (χ4n) is 2.82. The lowest BCUT2D eigenvalue weighted by molar-refractivity contribution is -0.133. The fraction of sp³-hybridized carbons (Fsp3) is 0.217. The van der Waals surface area contributed by atoms with Gasteiger partial charge >= 0.3 is 0 Å². The Morgan fingerprint density at radius 1 is 1.00 bits per heavy atom. The molecule has 3 rings (SSSR count). The summed E-state index contributed by atoms with van der Waals surface area (Å²) in [5.41, 5.74) is 6.67. The lowest BCUT2D eigenvalue weighted by Gasteiger charge is -2.17. The Hall–Kier alpha value is -3.06. The number of carbonyl (C=O) groups is 2. The predicted octanol–water partition coefficient (Wildman–Crippen LogP) is 4.21. The van der Waals surface area contributed by atoms with Crippen LogP contribution in [-0.2, 0) is 9.59 Å². The topological polar surface area (TPSA) is 76.7 Å². The zero-order valence-corrected chi connectivity index (χ0v) is 18.6. The van der Waals surface area contributed by atoms with Crippen molar-refractivity contribution < 1.29 is 19.1 Å². The van der Waals surface area contributed by atoms with Crippen LogP contribution in [0.25, 0.3) is 10.8 Å². The minimum Gasteiger partial charge on any atom is -0.483 e. The van der Waals surface area contributed by atoms with Gasteiger partial charge in [-0.25, -0.2) is 0 Å². The van der Waals surface area contributed by atoms with Crippen LogP contribution in [0, 0.1) is 13.8 Å². The van der Waals surface area contributed by atoms with Crippen LogP contribution >= 0.6 is 15.9 Å². The van der Waals surface area contributed by atoms with Crippen molar-refractivity contribution in [2.75, 3.05) is 6.61 Å². The Kier molecular flexibility index (Phi) is 6.95. The van der Waals surface area contributed by atoms with Gasteiger partial charge in [0.1, 0.15) is 11.5 Å². The van der Waals surface area contributed by atoms with Gasteiger partial charge in [0.05, 0.1) is 4.47 Å². The summed E-state index contributed by atoms with van der Waals surface area (Å²) in [6.07, 6.45) is -0.777. The Labute approximate surface area is 183 Å². The van der Waals surface area contributed by atoms with Gasteiger partial charge in [0.25, 0.3) is 11.8 Å². The number of rotatable bonds is 6. The molecule has 0 saturated carbocycles. The van der Waals surface area contributed by atoms with Crippen molar-refractivity contribution in [2.45, 2.75) is 26.9 Å². The quantitative estimate of drug-likeness (QED) is 0.528. The molecule has 0 radical (unpaired) electrons. The van der Waals surface area contributed by atoms with Gasteiger partial charge in [-0.1, -0.05) is 42.5 Å². The van der Waals surface area contributed by atoms with Crippen molar-refractivity contribution in [3.8, 4) is 11.5 Å². The molecule has 0 spiro atoms. The van der Waals surface area contributed by atoms with Crippen LogP contribution in [-0.4, -0.2) is 24.5 Å². The minimum absolute atomic E-state index is 0.247. The molecule has 3 aromatic rings. The maximum Gasteiger partial charge on any atom is 0.279 e. The second-order valence-corrected chi connectivity index (χ2v) is 7.75. The lowest BCUT2D eigenvalue weighted by atomic mass is 10.1. The summed E-state index contributed by atoms with van der Waals surface area (Å²) in [5, 5.41) is 2.05. The third-order valence-electron chi connectivity index (χ3n) is 4.53. The molecule has 0 bridgehead atoms. The highest BCUT2D eigenvalue weighted by Crippen LogP contribution is 2.32. The minimum atomic E-state index is -0.777. The van der Waals surface area contributed by atoms with Gasteiger partial charge in [0.2, 0.25) is 0 Å². The SMILES string of the molecule is Cc1ccc(C)c(OC(C)C(=O)NNC(=O)COc2ccc3ccccc3c2Br)c1. The Bertz CT molecular complexity index is 1080. The largest absolute Gasteiger partial charge is 0.483 e. The molecule has 0 aliphatic rings. The van der Waals surface area contributed by atoms with Gasteiger partial charge in [-0.15, -0.1) is 0 Å². The van der Waals surface area contributed by atoms with Crippen LogP contribution in [0.4, 0.5) is 0 Å². The highest BCUT2D eigenvalue weighted by Gasteiger charge is 2.17. The zero-order chi connectivity index (χ0) is 21.7. The van der Waals surface area contributed by atoms with Crippen molar-refractivity contribution in [1.82, 2.24) is 10.9 Å². The monoisotopic (exact) mass is 470 g/mol. The molecular formula is C23H23BrN2O4. The second-order valence-electron chi connectivity index (χ2n) is 6.95. The van der Waals surface area contributed by atoms with Crippen LogP contribution in [0.15, 0.2) is 59.1 Å². The third-order valence-corrected chi connectivity index (χ3v) is 5.35. The lowest BCUT2D eigenvalue weighted by Crippen LogP contribution is -2.48. The molecule has 1 atom stereocenters. The number of benzene rings is 3. The van der Waals surface area contributed by atoms with Crippen LogP contribution in [0.1, 0.15) is 18.1 Å². The first-order valence-corrected chi connectivity index (χ1v) is 10.3. The number of halogens is 1. The molecule has 0 fully saturated rings. The number of carbonyl (C=O) groups excluding carboxylic acids is 2. The molecule has 3 aromatic carbocycles. The number of hydrogen-bond acceptors (Lipinski definition) is 4. The van der Waals surface area contributed by atoms with Crippen LogP contribution in [0.2, 0.25) is 0 Å². The van der Waals surface area contributed by atoms with Gasteiger partial charge < -0.3 is 9.47 Å². The van der Waals surface area contributed by atoms with Crippen molar-refractivity contribution in [2.24, 2.45) is 0 Å². The predicted molar refractivity (Wildman–Crippen MR) is 119 cm³/mol. The molecule has 156 valence electrons. The first-order chi connectivity index (χ1) is 14.3. The normalized spacial score (nSPS) is 11.6. The van der Waals surface area contributed by atoms with Crippen LogP contribution in [0.5, 0.6) is 11.5 Å². The first-order valence-electron chi connectivity index (χ1n) is 9.48. The van der Waals surface area contributed by atoms with Gasteiger partial charge in [-0.2, -0.15) is 0 Å². The molecule has 0 aliphatic heterocycles. The molecule has 0 saturated heterocycles. The maximum atomic E-state index is 12.2. The summed E-state index contributed by atoms with van der Waals surface area (Å²) in [4.78, 5) is 24.3. The number of hydrazine groups is 1. The van der Waals surface area contributed by atoms with E-state index in [2.05, 4.69) is 26.8 Å². The standard InChI is InChI=1S/C23H23BrN2O4/c1-14-8-9-15(2)20(12-14)30-16(3)23(28)26-25-21(27)13-29-19-11-10-17-6-4-5-7-18(17)22(19)24/h4-12,16H,13H2,1-3H3,(H,25,27)(H,26,28). The molecule has 7 heteroatoms. The summed E-state index contributed by atoms with van der Waals surface area (Å²) in [6.45, 7) is 5.23. The number of aryl methyl sites for hydroxylation is 2. The van der Waals surface area contributed by atoms with E-state index in [1.165, 1.54) is 0 Å². The number of amides is 2. The van der Waals surface area contributed by atoms with E-state index in [9.17, 15) is 9.59 Å². The van der Waals surface area contributed by atoms with E-state index in [-0.39, 0.29) is 6.61 Å².